The SMILES string of the molecule is CS(=O)(=O)N1CCCC(C(=O)N2CCNCC2)C1. The van der Waals surface area contributed by atoms with Crippen molar-refractivity contribution in [3.63, 3.8) is 0 Å². The van der Waals surface area contributed by atoms with Gasteiger partial charge in [0.15, 0.2) is 0 Å². The fourth-order valence-electron chi connectivity index (χ4n) is 2.59. The summed E-state index contributed by atoms with van der Waals surface area (Å²) in [6, 6.07) is 0. The molecule has 0 aromatic rings. The summed E-state index contributed by atoms with van der Waals surface area (Å²) in [6.45, 7) is 4.01. The Morgan fingerprint density at radius 3 is 2.50 bits per heavy atom. The zero-order valence-corrected chi connectivity index (χ0v) is 11.6. The molecule has 1 atom stereocenters. The molecule has 7 heteroatoms. The van der Waals surface area contributed by atoms with Gasteiger partial charge in [-0.3, -0.25) is 4.79 Å². The maximum absolute atomic E-state index is 12.3. The van der Waals surface area contributed by atoms with Gasteiger partial charge in [-0.1, -0.05) is 0 Å². The molecule has 104 valence electrons. The predicted molar refractivity (Wildman–Crippen MR) is 68.6 cm³/mol. The zero-order valence-electron chi connectivity index (χ0n) is 10.8. The van der Waals surface area contributed by atoms with Crippen LogP contribution < -0.4 is 5.32 Å². The highest BCUT2D eigenvalue weighted by Crippen LogP contribution is 2.20. The molecule has 0 aromatic carbocycles. The van der Waals surface area contributed by atoms with Crippen molar-refractivity contribution in [2.75, 3.05) is 45.5 Å². The second-order valence-electron chi connectivity index (χ2n) is 5.04. The zero-order chi connectivity index (χ0) is 13.2. The summed E-state index contributed by atoms with van der Waals surface area (Å²) >= 11 is 0. The lowest BCUT2D eigenvalue weighted by molar-refractivity contribution is -0.137. The molecule has 2 aliphatic rings. The third-order valence-electron chi connectivity index (χ3n) is 3.63. The summed E-state index contributed by atoms with van der Waals surface area (Å²) in [4.78, 5) is 14.2. The van der Waals surface area contributed by atoms with Crippen molar-refractivity contribution in [3.05, 3.63) is 0 Å². The van der Waals surface area contributed by atoms with E-state index in [1.807, 2.05) is 4.90 Å². The quantitative estimate of drug-likeness (QED) is 0.708. The van der Waals surface area contributed by atoms with Crippen molar-refractivity contribution < 1.29 is 13.2 Å². The molecule has 6 nitrogen and oxygen atoms in total. The molecule has 0 radical (unpaired) electrons. The van der Waals surface area contributed by atoms with Crippen LogP contribution in [0.2, 0.25) is 0 Å². The number of hydrogen-bond acceptors (Lipinski definition) is 4. The molecule has 1 amide bonds. The summed E-state index contributed by atoms with van der Waals surface area (Å²) in [6.07, 6.45) is 2.79. The first kappa shape index (κ1) is 13.8. The fourth-order valence-corrected chi connectivity index (χ4v) is 3.50. The monoisotopic (exact) mass is 275 g/mol. The Balaban J connectivity index is 1.97. The van der Waals surface area contributed by atoms with Gasteiger partial charge in [-0.2, -0.15) is 0 Å². The van der Waals surface area contributed by atoms with E-state index >= 15 is 0 Å². The normalized spacial score (nSPS) is 27.2. The summed E-state index contributed by atoms with van der Waals surface area (Å²) in [5.74, 6) is -0.0450. The number of carbonyl (C=O) groups is 1. The topological polar surface area (TPSA) is 69.7 Å². The number of sulfonamides is 1. The van der Waals surface area contributed by atoms with Gasteiger partial charge in [0.25, 0.3) is 0 Å². The number of amides is 1. The van der Waals surface area contributed by atoms with Gasteiger partial charge in [0.05, 0.1) is 12.2 Å². The summed E-state index contributed by atoms with van der Waals surface area (Å²) < 4.78 is 24.5. The van der Waals surface area contributed by atoms with Gasteiger partial charge in [0.2, 0.25) is 15.9 Å². The Hall–Kier alpha value is -0.660. The maximum atomic E-state index is 12.3. The molecule has 2 aliphatic heterocycles. The molecular weight excluding hydrogens is 254 g/mol. The number of piperidine rings is 1. The van der Waals surface area contributed by atoms with E-state index in [1.54, 1.807) is 0 Å². The van der Waals surface area contributed by atoms with Gasteiger partial charge in [-0.25, -0.2) is 12.7 Å². The van der Waals surface area contributed by atoms with Crippen LogP contribution >= 0.6 is 0 Å². The number of nitrogens with one attached hydrogen (secondary N) is 1. The van der Waals surface area contributed by atoms with Gasteiger partial charge >= 0.3 is 0 Å². The highest BCUT2D eigenvalue weighted by Gasteiger charge is 2.32. The minimum Gasteiger partial charge on any atom is -0.340 e. The molecule has 0 aliphatic carbocycles. The van der Waals surface area contributed by atoms with Crippen LogP contribution in [-0.4, -0.2) is 69.1 Å². The van der Waals surface area contributed by atoms with E-state index < -0.39 is 10.0 Å². The third kappa shape index (κ3) is 3.21. The minimum absolute atomic E-state index is 0.116. The second kappa shape index (κ2) is 5.54. The van der Waals surface area contributed by atoms with Gasteiger partial charge in [-0.15, -0.1) is 0 Å². The smallest absolute Gasteiger partial charge is 0.227 e. The molecule has 2 fully saturated rings. The van der Waals surface area contributed by atoms with Crippen LogP contribution in [0.1, 0.15) is 12.8 Å². The fraction of sp³-hybridized carbons (Fsp3) is 0.909. The molecule has 2 heterocycles. The van der Waals surface area contributed by atoms with Gasteiger partial charge in [-0.05, 0) is 12.8 Å². The summed E-state index contributed by atoms with van der Waals surface area (Å²) in [5.41, 5.74) is 0. The van der Waals surface area contributed by atoms with Crippen LogP contribution in [0, 0.1) is 5.92 Å². The van der Waals surface area contributed by atoms with Crippen molar-refractivity contribution in [2.24, 2.45) is 5.92 Å². The van der Waals surface area contributed by atoms with Crippen molar-refractivity contribution in [3.8, 4) is 0 Å². The second-order valence-corrected chi connectivity index (χ2v) is 7.02. The Morgan fingerprint density at radius 1 is 1.22 bits per heavy atom. The molecule has 0 spiro atoms. The molecule has 1 unspecified atom stereocenters. The van der Waals surface area contributed by atoms with Crippen LogP contribution in [0.3, 0.4) is 0 Å². The lowest BCUT2D eigenvalue weighted by Gasteiger charge is -2.35. The first-order chi connectivity index (χ1) is 8.48. The Morgan fingerprint density at radius 2 is 1.89 bits per heavy atom. The first-order valence-electron chi connectivity index (χ1n) is 6.43. The minimum atomic E-state index is -3.17. The number of piperazine rings is 1. The summed E-state index contributed by atoms with van der Waals surface area (Å²) in [7, 11) is -3.17. The van der Waals surface area contributed by atoms with Crippen molar-refractivity contribution in [1.82, 2.24) is 14.5 Å². The van der Waals surface area contributed by atoms with E-state index in [0.717, 1.165) is 39.0 Å². The molecule has 0 aromatic heterocycles. The Labute approximate surface area is 108 Å². The number of hydrogen-bond donors (Lipinski definition) is 1. The molecular formula is C11H21N3O3S. The Kier molecular flexibility index (Phi) is 4.24. The first-order valence-corrected chi connectivity index (χ1v) is 8.28. The maximum Gasteiger partial charge on any atom is 0.227 e. The largest absolute Gasteiger partial charge is 0.340 e. The van der Waals surface area contributed by atoms with Gasteiger partial charge in [0, 0.05) is 39.3 Å². The lowest BCUT2D eigenvalue weighted by atomic mass is 9.98. The average molecular weight is 275 g/mol. The highest BCUT2D eigenvalue weighted by molar-refractivity contribution is 7.88. The standard InChI is InChI=1S/C11H21N3O3S/c1-18(16,17)14-6-2-3-10(9-14)11(15)13-7-4-12-5-8-13/h10,12H,2-9H2,1H3. The van der Waals surface area contributed by atoms with Crippen LogP contribution in [0.5, 0.6) is 0 Å². The van der Waals surface area contributed by atoms with Crippen molar-refractivity contribution in [2.45, 2.75) is 12.8 Å². The number of nitrogens with zero attached hydrogens (tertiary/aromatic N) is 2. The van der Waals surface area contributed by atoms with Crippen molar-refractivity contribution in [1.29, 1.82) is 0 Å². The van der Waals surface area contributed by atoms with E-state index in [0.29, 0.717) is 13.1 Å². The lowest BCUT2D eigenvalue weighted by Crippen LogP contribution is -2.51. The third-order valence-corrected chi connectivity index (χ3v) is 4.90. The van der Waals surface area contributed by atoms with Crippen LogP contribution in [0.4, 0.5) is 0 Å². The van der Waals surface area contributed by atoms with Crippen molar-refractivity contribution >= 4 is 15.9 Å². The molecule has 1 N–H and O–H groups in total. The van der Waals surface area contributed by atoms with E-state index in [9.17, 15) is 13.2 Å². The number of rotatable bonds is 2. The molecule has 0 saturated carbocycles. The molecule has 2 saturated heterocycles. The Bertz CT molecular complexity index is 404. The van der Waals surface area contributed by atoms with E-state index in [-0.39, 0.29) is 11.8 Å². The van der Waals surface area contributed by atoms with E-state index in [2.05, 4.69) is 5.32 Å². The molecule has 2 rings (SSSR count). The number of carbonyl (C=O) groups excluding carboxylic acids is 1. The van der Waals surface area contributed by atoms with Crippen LogP contribution in [-0.2, 0) is 14.8 Å². The van der Waals surface area contributed by atoms with Gasteiger partial charge < -0.3 is 10.2 Å². The highest BCUT2D eigenvalue weighted by atomic mass is 32.2. The summed E-state index contributed by atoms with van der Waals surface area (Å²) in [5, 5.41) is 3.21. The average Bonchev–Trinajstić information content (AvgIpc) is 2.38. The van der Waals surface area contributed by atoms with Crippen LogP contribution in [0.25, 0.3) is 0 Å². The predicted octanol–water partition coefficient (Wildman–Crippen LogP) is -0.910. The molecule has 0 bridgehead atoms. The van der Waals surface area contributed by atoms with E-state index in [1.165, 1.54) is 10.6 Å². The van der Waals surface area contributed by atoms with E-state index in [4.69, 9.17) is 0 Å². The van der Waals surface area contributed by atoms with Gasteiger partial charge in [0.1, 0.15) is 0 Å². The molecule has 18 heavy (non-hydrogen) atoms. The van der Waals surface area contributed by atoms with Crippen LogP contribution in [0.15, 0.2) is 0 Å².